The second kappa shape index (κ2) is 7.27. The van der Waals surface area contributed by atoms with Gasteiger partial charge in [-0.15, -0.1) is 0 Å². The smallest absolute Gasteiger partial charge is 0.255 e. The monoisotopic (exact) mass is 277 g/mol. The van der Waals surface area contributed by atoms with Gasteiger partial charge in [0.25, 0.3) is 5.91 Å². The molecule has 0 saturated carbocycles. The van der Waals surface area contributed by atoms with Crippen molar-refractivity contribution < 1.29 is 4.79 Å². The van der Waals surface area contributed by atoms with Gasteiger partial charge in [0.15, 0.2) is 0 Å². The molecule has 1 aromatic rings. The van der Waals surface area contributed by atoms with Crippen LogP contribution < -0.4 is 5.32 Å². The van der Waals surface area contributed by atoms with Crippen LogP contribution in [0.5, 0.6) is 0 Å². The van der Waals surface area contributed by atoms with Gasteiger partial charge in [-0.3, -0.25) is 9.78 Å². The Bertz CT molecular complexity index is 432. The maximum atomic E-state index is 12.5. The topological polar surface area (TPSA) is 45.2 Å². The Morgan fingerprint density at radius 2 is 1.80 bits per heavy atom. The summed E-state index contributed by atoms with van der Waals surface area (Å²) in [4.78, 5) is 18.6. The zero-order valence-corrected chi connectivity index (χ0v) is 13.4. The zero-order chi connectivity index (χ0) is 15.2. The van der Waals surface area contributed by atoms with Gasteiger partial charge in [-0.05, 0) is 39.7 Å². The van der Waals surface area contributed by atoms with E-state index < -0.39 is 0 Å². The number of carbonyl (C=O) groups is 1. The minimum atomic E-state index is -0.0458. The first kappa shape index (κ1) is 16.5. The van der Waals surface area contributed by atoms with E-state index in [0.717, 1.165) is 31.6 Å². The van der Waals surface area contributed by atoms with E-state index in [1.165, 1.54) is 0 Å². The molecule has 0 aliphatic carbocycles. The Morgan fingerprint density at radius 1 is 1.20 bits per heavy atom. The van der Waals surface area contributed by atoms with Gasteiger partial charge in [0.2, 0.25) is 0 Å². The standard InChI is InChI=1S/C16H27N3O/c1-6-8-19(9-7-2)15(20)13-10-14(12-17-11-13)18-16(3,4)5/h10-12,18H,6-9H2,1-5H3. The van der Waals surface area contributed by atoms with E-state index in [0.29, 0.717) is 5.56 Å². The van der Waals surface area contributed by atoms with Gasteiger partial charge >= 0.3 is 0 Å². The predicted octanol–water partition coefficient (Wildman–Crippen LogP) is 3.55. The lowest BCUT2D eigenvalue weighted by atomic mass is 10.1. The second-order valence-electron chi connectivity index (χ2n) is 6.13. The van der Waals surface area contributed by atoms with Crippen LogP contribution in [0.2, 0.25) is 0 Å². The maximum absolute atomic E-state index is 12.5. The molecule has 0 fully saturated rings. The lowest BCUT2D eigenvalue weighted by molar-refractivity contribution is 0.0755. The van der Waals surface area contributed by atoms with Crippen molar-refractivity contribution in [3.05, 3.63) is 24.0 Å². The molecule has 0 atom stereocenters. The Morgan fingerprint density at radius 3 is 2.30 bits per heavy atom. The molecule has 0 bridgehead atoms. The van der Waals surface area contributed by atoms with Crippen molar-refractivity contribution in [1.82, 2.24) is 9.88 Å². The number of hydrogen-bond acceptors (Lipinski definition) is 3. The van der Waals surface area contributed by atoms with Crippen LogP contribution in [0.25, 0.3) is 0 Å². The fraction of sp³-hybridized carbons (Fsp3) is 0.625. The van der Waals surface area contributed by atoms with Gasteiger partial charge < -0.3 is 10.2 Å². The third kappa shape index (κ3) is 5.19. The molecular weight excluding hydrogens is 250 g/mol. The third-order valence-corrected chi connectivity index (χ3v) is 2.78. The van der Waals surface area contributed by atoms with Crippen LogP contribution in [-0.4, -0.2) is 34.4 Å². The van der Waals surface area contributed by atoms with Crippen molar-refractivity contribution in [1.29, 1.82) is 0 Å². The van der Waals surface area contributed by atoms with Gasteiger partial charge in [0.1, 0.15) is 0 Å². The molecule has 0 unspecified atom stereocenters. The van der Waals surface area contributed by atoms with Crippen LogP contribution in [0.15, 0.2) is 18.5 Å². The van der Waals surface area contributed by atoms with E-state index in [9.17, 15) is 4.79 Å². The summed E-state index contributed by atoms with van der Waals surface area (Å²) in [5.74, 6) is 0.0683. The van der Waals surface area contributed by atoms with Gasteiger partial charge in [-0.1, -0.05) is 13.8 Å². The fourth-order valence-electron chi connectivity index (χ4n) is 2.10. The molecule has 1 aromatic heterocycles. The van der Waals surface area contributed by atoms with Gasteiger partial charge in [-0.2, -0.15) is 0 Å². The predicted molar refractivity (Wildman–Crippen MR) is 84.1 cm³/mol. The fourth-order valence-corrected chi connectivity index (χ4v) is 2.10. The van der Waals surface area contributed by atoms with Crippen LogP contribution in [-0.2, 0) is 0 Å². The number of nitrogens with one attached hydrogen (secondary N) is 1. The number of nitrogens with zero attached hydrogens (tertiary/aromatic N) is 2. The Kier molecular flexibility index (Phi) is 5.99. The van der Waals surface area contributed by atoms with Crippen molar-refractivity contribution in [2.24, 2.45) is 0 Å². The first-order valence-corrected chi connectivity index (χ1v) is 7.40. The largest absolute Gasteiger partial charge is 0.379 e. The lowest BCUT2D eigenvalue weighted by Gasteiger charge is -2.24. The summed E-state index contributed by atoms with van der Waals surface area (Å²) in [5.41, 5.74) is 1.49. The molecule has 0 aliphatic heterocycles. The maximum Gasteiger partial charge on any atom is 0.255 e. The number of pyridine rings is 1. The van der Waals surface area contributed by atoms with Crippen molar-refractivity contribution >= 4 is 11.6 Å². The summed E-state index contributed by atoms with van der Waals surface area (Å²) in [6.07, 6.45) is 5.35. The summed E-state index contributed by atoms with van der Waals surface area (Å²) < 4.78 is 0. The van der Waals surface area contributed by atoms with Crippen molar-refractivity contribution in [2.45, 2.75) is 53.0 Å². The van der Waals surface area contributed by atoms with Crippen LogP contribution >= 0.6 is 0 Å². The van der Waals surface area contributed by atoms with Gasteiger partial charge in [0, 0.05) is 31.0 Å². The molecular formula is C16H27N3O. The third-order valence-electron chi connectivity index (χ3n) is 2.78. The Balaban J connectivity index is 2.89. The summed E-state index contributed by atoms with van der Waals surface area (Å²) >= 11 is 0. The van der Waals surface area contributed by atoms with Crippen LogP contribution in [0.1, 0.15) is 57.8 Å². The second-order valence-corrected chi connectivity index (χ2v) is 6.13. The molecule has 20 heavy (non-hydrogen) atoms. The molecule has 1 heterocycles. The molecule has 0 radical (unpaired) electrons. The number of hydrogen-bond donors (Lipinski definition) is 1. The molecule has 4 nitrogen and oxygen atoms in total. The van der Waals surface area contributed by atoms with E-state index in [1.807, 2.05) is 11.0 Å². The molecule has 4 heteroatoms. The molecule has 112 valence electrons. The summed E-state index contributed by atoms with van der Waals surface area (Å²) in [7, 11) is 0. The van der Waals surface area contributed by atoms with Crippen molar-refractivity contribution in [3.8, 4) is 0 Å². The van der Waals surface area contributed by atoms with E-state index in [-0.39, 0.29) is 11.4 Å². The van der Waals surface area contributed by atoms with Crippen LogP contribution in [0.3, 0.4) is 0 Å². The minimum Gasteiger partial charge on any atom is -0.379 e. The quantitative estimate of drug-likeness (QED) is 0.865. The normalized spacial score (nSPS) is 11.2. The van der Waals surface area contributed by atoms with E-state index in [1.54, 1.807) is 12.4 Å². The number of amides is 1. The summed E-state index contributed by atoms with van der Waals surface area (Å²) in [5, 5.41) is 3.35. The highest BCUT2D eigenvalue weighted by Gasteiger charge is 2.16. The molecule has 0 aromatic carbocycles. The van der Waals surface area contributed by atoms with Crippen molar-refractivity contribution in [2.75, 3.05) is 18.4 Å². The van der Waals surface area contributed by atoms with Crippen LogP contribution in [0, 0.1) is 0 Å². The highest BCUT2D eigenvalue weighted by molar-refractivity contribution is 5.94. The number of aromatic nitrogens is 1. The van der Waals surface area contributed by atoms with Gasteiger partial charge in [-0.25, -0.2) is 0 Å². The highest BCUT2D eigenvalue weighted by Crippen LogP contribution is 2.16. The van der Waals surface area contributed by atoms with E-state index >= 15 is 0 Å². The number of rotatable bonds is 6. The average molecular weight is 277 g/mol. The average Bonchev–Trinajstić information content (AvgIpc) is 2.36. The Hall–Kier alpha value is -1.58. The summed E-state index contributed by atoms with van der Waals surface area (Å²) in [6.45, 7) is 12.0. The SMILES string of the molecule is CCCN(CCC)C(=O)c1cncc(NC(C)(C)C)c1. The van der Waals surface area contributed by atoms with Crippen molar-refractivity contribution in [3.63, 3.8) is 0 Å². The molecule has 0 spiro atoms. The minimum absolute atomic E-state index is 0.0458. The Labute approximate surface area is 122 Å². The van der Waals surface area contributed by atoms with E-state index in [4.69, 9.17) is 0 Å². The molecule has 1 amide bonds. The first-order valence-electron chi connectivity index (χ1n) is 7.40. The number of carbonyl (C=O) groups excluding carboxylic acids is 1. The zero-order valence-electron chi connectivity index (χ0n) is 13.4. The van der Waals surface area contributed by atoms with Gasteiger partial charge in [0.05, 0.1) is 11.3 Å². The van der Waals surface area contributed by atoms with Crippen LogP contribution in [0.4, 0.5) is 5.69 Å². The highest BCUT2D eigenvalue weighted by atomic mass is 16.2. The molecule has 0 aliphatic rings. The van der Waals surface area contributed by atoms with E-state index in [2.05, 4.69) is 44.9 Å². The molecule has 0 saturated heterocycles. The molecule has 1 rings (SSSR count). The molecule has 1 N–H and O–H groups in total. The first-order chi connectivity index (χ1) is 9.37. The summed E-state index contributed by atoms with van der Waals surface area (Å²) in [6, 6.07) is 1.89. The lowest BCUT2D eigenvalue weighted by Crippen LogP contribution is -2.32. The number of anilines is 1.